The van der Waals surface area contributed by atoms with Gasteiger partial charge in [0.2, 0.25) is 0 Å². The van der Waals surface area contributed by atoms with Crippen molar-refractivity contribution < 1.29 is 23.5 Å². The molecule has 0 aliphatic heterocycles. The number of ether oxygens (including phenoxy) is 2. The normalized spacial score (nSPS) is 11.6. The highest BCUT2D eigenvalue weighted by atomic mass is 35.5. The van der Waals surface area contributed by atoms with Crippen LogP contribution in [0.4, 0.5) is 4.39 Å². The van der Waals surface area contributed by atoms with Gasteiger partial charge in [-0.25, -0.2) is 9.82 Å². The van der Waals surface area contributed by atoms with Gasteiger partial charge in [0.1, 0.15) is 12.4 Å². The number of para-hydroxylation sites is 1. The Kier molecular flexibility index (Phi) is 8.59. The van der Waals surface area contributed by atoms with Crippen LogP contribution < -0.4 is 20.2 Å². The predicted octanol–water partition coefficient (Wildman–Crippen LogP) is 4.39. The zero-order valence-corrected chi connectivity index (χ0v) is 19.3. The highest BCUT2D eigenvalue weighted by Crippen LogP contribution is 2.32. The molecular weight excluding hydrogens is 461 g/mol. The molecule has 7 nitrogen and oxygen atoms in total. The fourth-order valence-corrected chi connectivity index (χ4v) is 3.28. The number of hydrogen-bond donors (Lipinski definition) is 2. The summed E-state index contributed by atoms with van der Waals surface area (Å²) in [6.07, 6.45) is 1.30. The smallest absolute Gasteiger partial charge is 0.329 e. The first-order valence-corrected chi connectivity index (χ1v) is 10.7. The Balaban J connectivity index is 1.67. The minimum atomic E-state index is -0.928. The number of methoxy groups -OCH3 is 1. The van der Waals surface area contributed by atoms with Gasteiger partial charge < -0.3 is 14.8 Å². The lowest BCUT2D eigenvalue weighted by atomic mass is 10.1. The van der Waals surface area contributed by atoms with E-state index < -0.39 is 17.6 Å². The molecule has 0 bridgehead atoms. The molecule has 2 N–H and O–H groups in total. The van der Waals surface area contributed by atoms with Gasteiger partial charge in [-0.1, -0.05) is 54.1 Å². The molecule has 1 atom stereocenters. The second kappa shape index (κ2) is 11.8. The number of rotatable bonds is 8. The first kappa shape index (κ1) is 24.7. The van der Waals surface area contributed by atoms with Crippen molar-refractivity contribution in [2.24, 2.45) is 5.10 Å². The number of carbonyl (C=O) groups excluding carboxylic acids is 2. The number of nitrogens with zero attached hydrogens (tertiary/aromatic N) is 1. The molecule has 0 saturated carbocycles. The average Bonchev–Trinajstić information content (AvgIpc) is 2.84. The Hall–Kier alpha value is -3.91. The van der Waals surface area contributed by atoms with E-state index in [0.29, 0.717) is 11.3 Å². The molecule has 176 valence electrons. The van der Waals surface area contributed by atoms with E-state index in [1.165, 1.54) is 25.5 Å². The van der Waals surface area contributed by atoms with E-state index in [1.54, 1.807) is 31.2 Å². The van der Waals surface area contributed by atoms with Gasteiger partial charge in [0.15, 0.2) is 11.5 Å². The summed E-state index contributed by atoms with van der Waals surface area (Å²) in [7, 11) is 1.46. The molecule has 0 saturated heterocycles. The topological polar surface area (TPSA) is 89.0 Å². The van der Waals surface area contributed by atoms with Crippen molar-refractivity contribution in [3.05, 3.63) is 94.3 Å². The van der Waals surface area contributed by atoms with Gasteiger partial charge in [-0.05, 0) is 36.8 Å². The second-order valence-corrected chi connectivity index (χ2v) is 7.58. The zero-order valence-electron chi connectivity index (χ0n) is 18.5. The van der Waals surface area contributed by atoms with Crippen LogP contribution in [0.2, 0.25) is 5.02 Å². The Morgan fingerprint density at radius 3 is 2.50 bits per heavy atom. The Labute approximate surface area is 201 Å². The minimum absolute atomic E-state index is 0.154. The fourth-order valence-electron chi connectivity index (χ4n) is 3.06. The van der Waals surface area contributed by atoms with Gasteiger partial charge in [-0.3, -0.25) is 9.59 Å². The van der Waals surface area contributed by atoms with Crippen LogP contribution in [0.25, 0.3) is 0 Å². The third kappa shape index (κ3) is 6.32. The van der Waals surface area contributed by atoms with E-state index in [9.17, 15) is 14.0 Å². The molecule has 9 heteroatoms. The van der Waals surface area contributed by atoms with Crippen molar-refractivity contribution >= 4 is 29.6 Å². The number of benzene rings is 3. The number of carbonyl (C=O) groups is 2. The third-order valence-corrected chi connectivity index (χ3v) is 5.23. The summed E-state index contributed by atoms with van der Waals surface area (Å²) in [6.45, 7) is 1.62. The highest BCUT2D eigenvalue weighted by Gasteiger charge is 2.17. The van der Waals surface area contributed by atoms with Crippen molar-refractivity contribution in [1.82, 2.24) is 10.7 Å². The third-order valence-electron chi connectivity index (χ3n) is 4.87. The van der Waals surface area contributed by atoms with E-state index in [4.69, 9.17) is 21.1 Å². The standard InChI is InChI=1S/C25H23ClFN3O4/c1-16(17-8-4-3-5-9-17)29-24(31)25(32)30-28-14-18-10-6-13-22(33-2)23(18)34-15-19-20(26)11-7-12-21(19)27/h3-14,16H,15H2,1-2H3,(H,29,31)(H,30,32)/b28-14-/t16-/m0/s1. The van der Waals surface area contributed by atoms with Crippen LogP contribution in [0.3, 0.4) is 0 Å². The lowest BCUT2D eigenvalue weighted by molar-refractivity contribution is -0.139. The summed E-state index contributed by atoms with van der Waals surface area (Å²) in [5, 5.41) is 6.68. The molecule has 0 fully saturated rings. The number of nitrogens with one attached hydrogen (secondary N) is 2. The van der Waals surface area contributed by atoms with Crippen LogP contribution in [-0.2, 0) is 16.2 Å². The molecule has 3 aromatic carbocycles. The highest BCUT2D eigenvalue weighted by molar-refractivity contribution is 6.35. The molecule has 2 amide bonds. The molecule has 0 heterocycles. The largest absolute Gasteiger partial charge is 0.493 e. The van der Waals surface area contributed by atoms with Crippen molar-refractivity contribution in [3.63, 3.8) is 0 Å². The molecule has 0 radical (unpaired) electrons. The maximum Gasteiger partial charge on any atom is 0.329 e. The van der Waals surface area contributed by atoms with E-state index in [1.807, 2.05) is 30.3 Å². The zero-order chi connectivity index (χ0) is 24.5. The molecule has 3 rings (SSSR count). The van der Waals surface area contributed by atoms with Crippen LogP contribution in [-0.4, -0.2) is 25.1 Å². The lowest BCUT2D eigenvalue weighted by Gasteiger charge is -2.14. The molecule has 3 aromatic rings. The first-order chi connectivity index (χ1) is 16.4. The van der Waals surface area contributed by atoms with Crippen LogP contribution in [0.15, 0.2) is 71.8 Å². The van der Waals surface area contributed by atoms with Crippen LogP contribution in [0, 0.1) is 5.82 Å². The number of halogens is 2. The first-order valence-electron chi connectivity index (χ1n) is 10.3. The Bertz CT molecular complexity index is 1170. The van der Waals surface area contributed by atoms with E-state index in [-0.39, 0.29) is 29.0 Å². The maximum absolute atomic E-state index is 14.1. The minimum Gasteiger partial charge on any atom is -0.493 e. The summed E-state index contributed by atoms with van der Waals surface area (Å²) in [5.74, 6) is -1.62. The van der Waals surface area contributed by atoms with Gasteiger partial charge in [-0.15, -0.1) is 0 Å². The van der Waals surface area contributed by atoms with Crippen molar-refractivity contribution in [1.29, 1.82) is 0 Å². The van der Waals surface area contributed by atoms with Gasteiger partial charge in [0.25, 0.3) is 0 Å². The van der Waals surface area contributed by atoms with Gasteiger partial charge in [0, 0.05) is 11.1 Å². The molecule has 0 aromatic heterocycles. The molecule has 0 spiro atoms. The summed E-state index contributed by atoms with van der Waals surface area (Å²) in [5.41, 5.74) is 3.67. The number of amides is 2. The summed E-state index contributed by atoms with van der Waals surface area (Å²) in [4.78, 5) is 24.3. The number of hydrogen-bond acceptors (Lipinski definition) is 5. The van der Waals surface area contributed by atoms with E-state index in [2.05, 4.69) is 15.8 Å². The van der Waals surface area contributed by atoms with Gasteiger partial charge in [-0.2, -0.15) is 5.10 Å². The average molecular weight is 484 g/mol. The van der Waals surface area contributed by atoms with Crippen LogP contribution in [0.1, 0.15) is 29.7 Å². The maximum atomic E-state index is 14.1. The predicted molar refractivity (Wildman–Crippen MR) is 127 cm³/mol. The number of hydrazone groups is 1. The van der Waals surface area contributed by atoms with Crippen molar-refractivity contribution in [2.45, 2.75) is 19.6 Å². The monoisotopic (exact) mass is 483 g/mol. The lowest BCUT2D eigenvalue weighted by Crippen LogP contribution is -2.39. The SMILES string of the molecule is COc1cccc(/C=N\NC(=O)C(=O)N[C@@H](C)c2ccccc2)c1OCc1c(F)cccc1Cl. The fraction of sp³-hybridized carbons (Fsp3) is 0.160. The van der Waals surface area contributed by atoms with Gasteiger partial charge in [0.05, 0.1) is 24.4 Å². The molecule has 0 aliphatic rings. The van der Waals surface area contributed by atoms with Crippen molar-refractivity contribution in [2.75, 3.05) is 7.11 Å². The molecular formula is C25H23ClFN3O4. The second-order valence-electron chi connectivity index (χ2n) is 7.17. The van der Waals surface area contributed by atoms with E-state index >= 15 is 0 Å². The molecule has 0 aliphatic carbocycles. The summed E-state index contributed by atoms with van der Waals surface area (Å²) in [6, 6.07) is 18.3. The molecule has 0 unspecified atom stereocenters. The Morgan fingerprint density at radius 2 is 1.79 bits per heavy atom. The molecule has 34 heavy (non-hydrogen) atoms. The van der Waals surface area contributed by atoms with Crippen LogP contribution >= 0.6 is 11.6 Å². The van der Waals surface area contributed by atoms with Crippen molar-refractivity contribution in [3.8, 4) is 11.5 Å². The van der Waals surface area contributed by atoms with E-state index in [0.717, 1.165) is 5.56 Å². The summed E-state index contributed by atoms with van der Waals surface area (Å²) >= 11 is 6.07. The quantitative estimate of drug-likeness (QED) is 0.282. The Morgan fingerprint density at radius 1 is 1.06 bits per heavy atom. The summed E-state index contributed by atoms with van der Waals surface area (Å²) < 4.78 is 25.2. The van der Waals surface area contributed by atoms with Crippen LogP contribution in [0.5, 0.6) is 11.5 Å². The van der Waals surface area contributed by atoms with Gasteiger partial charge >= 0.3 is 11.8 Å².